The van der Waals surface area contributed by atoms with Crippen LogP contribution in [0.4, 0.5) is 5.69 Å². The molecule has 2 N–H and O–H groups in total. The summed E-state index contributed by atoms with van der Waals surface area (Å²) >= 11 is 6.62. The van der Waals surface area contributed by atoms with Crippen LogP contribution in [0.2, 0.25) is 5.02 Å². The minimum Gasteiger partial charge on any atom is -0.460 e. The maximum atomic E-state index is 14.7. The van der Waals surface area contributed by atoms with Gasteiger partial charge in [0.25, 0.3) is 5.91 Å². The summed E-state index contributed by atoms with van der Waals surface area (Å²) in [4.78, 5) is 57.8. The quantitative estimate of drug-likeness (QED) is 0.238. The van der Waals surface area contributed by atoms with Crippen LogP contribution in [0, 0.1) is 24.7 Å². The third-order valence-corrected chi connectivity index (χ3v) is 9.38. The first-order chi connectivity index (χ1) is 20.9. The number of para-hydroxylation sites is 1. The monoisotopic (exact) mass is 629 g/mol. The number of benzene rings is 1. The Morgan fingerprint density at radius 1 is 1.27 bits per heavy atom. The van der Waals surface area contributed by atoms with E-state index >= 15 is 0 Å². The lowest BCUT2D eigenvalue weighted by Crippen LogP contribution is -2.60. The second kappa shape index (κ2) is 13.8. The normalized spacial score (nSPS) is 26.7. The van der Waals surface area contributed by atoms with Crippen LogP contribution in [-0.2, 0) is 28.7 Å². The van der Waals surface area contributed by atoms with E-state index in [0.29, 0.717) is 30.0 Å². The summed E-state index contributed by atoms with van der Waals surface area (Å²) in [6, 6.07) is 3.53. The number of amides is 3. The molecule has 1 aromatic carbocycles. The Morgan fingerprint density at radius 3 is 2.61 bits per heavy atom. The standard InChI is InChI=1S/C33H44ClN3O7/c1-7-9-13-25(39)35-17-21(6)43-32(42)26-24-14-15-33(44-24)27(26)30(40)37(23(18-38)19(3)4)29(33)31(41)36(16-8-2)28-20(5)11-10-12-22(28)34/h7-8,10-12,19,21,23-24,26-27,29,38H,1-2,9,13-18H2,3-6H3,(H,35,39)/t21-,23-,24-,26+,27+,29-,33+/m0/s1. The summed E-state index contributed by atoms with van der Waals surface area (Å²) in [7, 11) is 0. The van der Waals surface area contributed by atoms with Crippen molar-refractivity contribution < 1.29 is 33.8 Å². The summed E-state index contributed by atoms with van der Waals surface area (Å²) in [5, 5.41) is 13.6. The largest absolute Gasteiger partial charge is 0.460 e. The Kier molecular flexibility index (Phi) is 10.6. The first-order valence-corrected chi connectivity index (χ1v) is 15.7. The van der Waals surface area contributed by atoms with E-state index < -0.39 is 59.5 Å². The number of likely N-dealkylation sites (tertiary alicyclic amines) is 1. The van der Waals surface area contributed by atoms with E-state index in [0.717, 1.165) is 5.56 Å². The van der Waals surface area contributed by atoms with Crippen LogP contribution in [0.25, 0.3) is 0 Å². The van der Waals surface area contributed by atoms with Gasteiger partial charge in [-0.2, -0.15) is 0 Å². The molecule has 3 heterocycles. The molecule has 10 nitrogen and oxygen atoms in total. The van der Waals surface area contributed by atoms with Gasteiger partial charge < -0.3 is 29.7 Å². The number of aliphatic hydroxyl groups excluding tert-OH is 1. The molecule has 3 saturated heterocycles. The highest BCUT2D eigenvalue weighted by Gasteiger charge is 2.76. The van der Waals surface area contributed by atoms with Crippen molar-refractivity contribution in [3.8, 4) is 0 Å². The van der Waals surface area contributed by atoms with E-state index in [9.17, 15) is 24.3 Å². The van der Waals surface area contributed by atoms with Gasteiger partial charge in [0, 0.05) is 13.0 Å². The van der Waals surface area contributed by atoms with E-state index in [1.807, 2.05) is 26.8 Å². The van der Waals surface area contributed by atoms with Gasteiger partial charge >= 0.3 is 5.97 Å². The van der Waals surface area contributed by atoms with Gasteiger partial charge in [-0.15, -0.1) is 13.2 Å². The molecule has 240 valence electrons. The van der Waals surface area contributed by atoms with Gasteiger partial charge in [0.15, 0.2) is 0 Å². The number of hydrogen-bond acceptors (Lipinski definition) is 7. The van der Waals surface area contributed by atoms with Gasteiger partial charge in [0.2, 0.25) is 11.8 Å². The topological polar surface area (TPSA) is 125 Å². The predicted octanol–water partition coefficient (Wildman–Crippen LogP) is 3.57. The molecule has 1 spiro atoms. The van der Waals surface area contributed by atoms with Crippen LogP contribution in [0.3, 0.4) is 0 Å². The molecule has 3 fully saturated rings. The highest BCUT2D eigenvalue weighted by molar-refractivity contribution is 6.34. The molecule has 11 heteroatoms. The van der Waals surface area contributed by atoms with Crippen molar-refractivity contribution in [2.75, 3.05) is 24.6 Å². The Morgan fingerprint density at radius 2 is 2.00 bits per heavy atom. The minimum atomic E-state index is -1.29. The van der Waals surface area contributed by atoms with Gasteiger partial charge in [-0.05, 0) is 50.7 Å². The number of hydrogen-bond donors (Lipinski definition) is 2. The Hall–Kier alpha value is -3.21. The third kappa shape index (κ3) is 6.04. The van der Waals surface area contributed by atoms with E-state index in [4.69, 9.17) is 21.1 Å². The zero-order chi connectivity index (χ0) is 32.3. The SMILES string of the molecule is C=CCCC(=O)NC[C@H](C)OC(=O)[C@@H]1[C@@H]2CC[C@]3(O2)[C@H](C(=O)N(CC=C)c2c(C)cccc2Cl)N([C@@H](CO)C(C)C)C(=O)[C@@H]13. The van der Waals surface area contributed by atoms with Crippen molar-refractivity contribution in [3.63, 3.8) is 0 Å². The van der Waals surface area contributed by atoms with Crippen LogP contribution in [0.15, 0.2) is 43.5 Å². The number of rotatable bonds is 14. The number of aryl methyl sites for hydroxylation is 1. The fourth-order valence-corrected chi connectivity index (χ4v) is 7.37. The number of allylic oxidation sites excluding steroid dienone is 1. The molecule has 7 atom stereocenters. The first kappa shape index (κ1) is 33.7. The van der Waals surface area contributed by atoms with Crippen molar-refractivity contribution in [1.82, 2.24) is 10.2 Å². The molecule has 44 heavy (non-hydrogen) atoms. The number of fused-ring (bicyclic) bond motifs is 1. The molecule has 3 amide bonds. The van der Waals surface area contributed by atoms with E-state index in [-0.39, 0.29) is 37.9 Å². The molecule has 3 aliphatic heterocycles. The number of carbonyl (C=O) groups is 4. The van der Waals surface area contributed by atoms with E-state index in [2.05, 4.69) is 18.5 Å². The molecule has 0 unspecified atom stereocenters. The van der Waals surface area contributed by atoms with Crippen LogP contribution < -0.4 is 10.2 Å². The van der Waals surface area contributed by atoms with Crippen molar-refractivity contribution in [2.24, 2.45) is 17.8 Å². The molecule has 1 aromatic rings. The highest BCUT2D eigenvalue weighted by Crippen LogP contribution is 2.59. The molecule has 2 bridgehead atoms. The molecule has 0 aromatic heterocycles. The molecular formula is C33H44ClN3O7. The third-order valence-electron chi connectivity index (χ3n) is 9.07. The smallest absolute Gasteiger partial charge is 0.312 e. The number of esters is 1. The molecule has 0 saturated carbocycles. The summed E-state index contributed by atoms with van der Waals surface area (Å²) in [6.07, 6.45) is 3.66. The molecule has 4 rings (SSSR count). The van der Waals surface area contributed by atoms with Crippen LogP contribution in [-0.4, -0.2) is 83.3 Å². The zero-order valence-corrected chi connectivity index (χ0v) is 26.7. The number of carbonyl (C=O) groups excluding carboxylic acids is 4. The van der Waals surface area contributed by atoms with Gasteiger partial charge in [0.1, 0.15) is 17.7 Å². The van der Waals surface area contributed by atoms with Gasteiger partial charge in [-0.25, -0.2) is 0 Å². The molecular weight excluding hydrogens is 586 g/mol. The minimum absolute atomic E-state index is 0.116. The average molecular weight is 630 g/mol. The van der Waals surface area contributed by atoms with E-state index in [1.54, 1.807) is 31.2 Å². The number of aliphatic hydroxyl groups is 1. The fourth-order valence-electron chi connectivity index (χ4n) is 7.05. The molecule has 0 aliphatic carbocycles. The number of nitrogens with zero attached hydrogens (tertiary/aromatic N) is 2. The van der Waals surface area contributed by atoms with Crippen molar-refractivity contribution in [1.29, 1.82) is 0 Å². The zero-order valence-electron chi connectivity index (χ0n) is 26.0. The van der Waals surface area contributed by atoms with Crippen LogP contribution in [0.1, 0.15) is 52.0 Å². The molecule has 0 radical (unpaired) electrons. The first-order valence-electron chi connectivity index (χ1n) is 15.3. The van der Waals surface area contributed by atoms with E-state index in [1.165, 1.54) is 9.80 Å². The lowest BCUT2D eigenvalue weighted by molar-refractivity contribution is -0.160. The number of halogens is 1. The average Bonchev–Trinajstić information content (AvgIpc) is 3.62. The summed E-state index contributed by atoms with van der Waals surface area (Å²) < 4.78 is 12.3. The summed E-state index contributed by atoms with van der Waals surface area (Å²) in [5.74, 6) is -3.72. The second-order valence-corrected chi connectivity index (χ2v) is 12.7. The summed E-state index contributed by atoms with van der Waals surface area (Å²) in [5.41, 5.74) is -0.0191. The second-order valence-electron chi connectivity index (χ2n) is 12.3. The number of ether oxygens (including phenoxy) is 2. The van der Waals surface area contributed by atoms with Gasteiger partial charge in [-0.1, -0.05) is 49.7 Å². The molecule has 3 aliphatic rings. The predicted molar refractivity (Wildman–Crippen MR) is 167 cm³/mol. The van der Waals surface area contributed by atoms with Crippen molar-refractivity contribution in [3.05, 3.63) is 54.1 Å². The Labute approximate surface area is 264 Å². The van der Waals surface area contributed by atoms with Crippen LogP contribution >= 0.6 is 11.6 Å². The van der Waals surface area contributed by atoms with Crippen molar-refractivity contribution in [2.45, 2.75) is 83.3 Å². The Balaban J connectivity index is 1.69. The van der Waals surface area contributed by atoms with Gasteiger partial charge in [-0.3, -0.25) is 19.2 Å². The van der Waals surface area contributed by atoms with Crippen molar-refractivity contribution >= 4 is 41.0 Å². The number of nitrogens with one attached hydrogen (secondary N) is 1. The maximum absolute atomic E-state index is 14.7. The highest BCUT2D eigenvalue weighted by atomic mass is 35.5. The van der Waals surface area contributed by atoms with Gasteiger partial charge in [0.05, 0.1) is 47.8 Å². The van der Waals surface area contributed by atoms with Crippen LogP contribution in [0.5, 0.6) is 0 Å². The lowest BCUT2D eigenvalue weighted by atomic mass is 9.70. The summed E-state index contributed by atoms with van der Waals surface area (Å²) in [6.45, 7) is 14.6. The lowest BCUT2D eigenvalue weighted by Gasteiger charge is -2.40. The maximum Gasteiger partial charge on any atom is 0.312 e. The number of anilines is 1. The Bertz CT molecular complexity index is 1280. The fraction of sp³-hybridized carbons (Fsp3) is 0.576.